The van der Waals surface area contributed by atoms with Crippen LogP contribution in [-0.4, -0.2) is 11.2 Å². The van der Waals surface area contributed by atoms with Gasteiger partial charge in [-0.3, -0.25) is 0 Å². The molecule has 1 heterocycles. The number of hydrogen-bond donors (Lipinski definition) is 3. The molecule has 0 unspecified atom stereocenters. The highest BCUT2D eigenvalue weighted by Gasteiger charge is 2.31. The number of fused-ring (bicyclic) bond motifs is 1. The van der Waals surface area contributed by atoms with Gasteiger partial charge in [-0.25, -0.2) is 9.18 Å². The van der Waals surface area contributed by atoms with Gasteiger partial charge in [0.25, 0.3) is 0 Å². The first-order chi connectivity index (χ1) is 15.1. The fourth-order valence-electron chi connectivity index (χ4n) is 3.25. The Kier molecular flexibility index (Phi) is 5.21. The second kappa shape index (κ2) is 7.88. The number of urea groups is 1. The summed E-state index contributed by atoms with van der Waals surface area (Å²) in [6.45, 7) is 1.87. The first kappa shape index (κ1) is 21.2. The molecule has 164 valence electrons. The van der Waals surface area contributed by atoms with Gasteiger partial charge in [0.2, 0.25) is 0 Å². The molecule has 0 aliphatic heterocycles. The summed E-state index contributed by atoms with van der Waals surface area (Å²) in [6, 6.07) is 11.2. The molecule has 0 radical (unpaired) electrons. The number of rotatable bonds is 3. The maximum atomic E-state index is 13.8. The van der Waals surface area contributed by atoms with Gasteiger partial charge in [0, 0.05) is 5.69 Å². The van der Waals surface area contributed by atoms with Crippen LogP contribution in [0.1, 0.15) is 11.1 Å². The number of nitrogens with zero attached hydrogens (tertiary/aromatic N) is 1. The molecule has 6 nitrogen and oxygen atoms in total. The summed E-state index contributed by atoms with van der Waals surface area (Å²) in [5.74, 6) is -0.735. The summed E-state index contributed by atoms with van der Waals surface area (Å²) in [5.41, 5.74) is 7.64. The Morgan fingerprint density at radius 1 is 1.03 bits per heavy atom. The molecule has 0 spiro atoms. The Hall–Kier alpha value is -4.08. The maximum absolute atomic E-state index is 13.8. The number of halogens is 4. The summed E-state index contributed by atoms with van der Waals surface area (Å²) in [6.07, 6.45) is -4.66. The van der Waals surface area contributed by atoms with Gasteiger partial charge in [-0.15, -0.1) is 0 Å². The first-order valence-electron chi connectivity index (χ1n) is 9.33. The summed E-state index contributed by atoms with van der Waals surface area (Å²) in [4.78, 5) is 12.2. The highest BCUT2D eigenvalue weighted by atomic mass is 19.4. The number of aryl methyl sites for hydroxylation is 1. The SMILES string of the molecule is Cc1ccc(-c2ccc(NC(=O)Nc3cc(C(F)(F)F)ccc3F)cc2)c2c(N)noc12. The van der Waals surface area contributed by atoms with Gasteiger partial charge in [-0.1, -0.05) is 29.4 Å². The van der Waals surface area contributed by atoms with Crippen LogP contribution in [0.4, 0.5) is 39.5 Å². The first-order valence-corrected chi connectivity index (χ1v) is 9.33. The lowest BCUT2D eigenvalue weighted by atomic mass is 9.99. The van der Waals surface area contributed by atoms with E-state index in [-0.39, 0.29) is 5.82 Å². The second-order valence-electron chi connectivity index (χ2n) is 7.05. The number of anilines is 3. The van der Waals surface area contributed by atoms with Crippen molar-refractivity contribution < 1.29 is 26.9 Å². The molecule has 10 heteroatoms. The predicted octanol–water partition coefficient (Wildman–Crippen LogP) is 6.19. The largest absolute Gasteiger partial charge is 0.416 e. The van der Waals surface area contributed by atoms with Crippen molar-refractivity contribution >= 4 is 34.2 Å². The third-order valence-corrected chi connectivity index (χ3v) is 4.84. The van der Waals surface area contributed by atoms with Gasteiger partial charge in [-0.05, 0) is 53.9 Å². The quantitative estimate of drug-likeness (QED) is 0.329. The molecule has 0 fully saturated rings. The average Bonchev–Trinajstić information content (AvgIpc) is 3.12. The molecule has 3 aromatic carbocycles. The van der Waals surface area contributed by atoms with E-state index in [9.17, 15) is 22.4 Å². The van der Waals surface area contributed by atoms with Gasteiger partial charge >= 0.3 is 12.2 Å². The molecule has 0 aliphatic rings. The Bertz CT molecular complexity index is 1310. The smallest absolute Gasteiger partial charge is 0.380 e. The highest BCUT2D eigenvalue weighted by Crippen LogP contribution is 2.35. The summed E-state index contributed by atoms with van der Waals surface area (Å²) < 4.78 is 57.5. The van der Waals surface area contributed by atoms with E-state index < -0.39 is 29.3 Å². The Morgan fingerprint density at radius 3 is 2.44 bits per heavy atom. The lowest BCUT2D eigenvalue weighted by Crippen LogP contribution is -2.20. The molecule has 0 saturated carbocycles. The van der Waals surface area contributed by atoms with Crippen LogP contribution >= 0.6 is 0 Å². The number of carbonyl (C=O) groups excluding carboxylic acids is 1. The Labute approximate surface area is 179 Å². The second-order valence-corrected chi connectivity index (χ2v) is 7.05. The van der Waals surface area contributed by atoms with Crippen LogP contribution < -0.4 is 16.4 Å². The number of aromatic nitrogens is 1. The fraction of sp³-hybridized carbons (Fsp3) is 0.0909. The fourth-order valence-corrected chi connectivity index (χ4v) is 3.25. The third-order valence-electron chi connectivity index (χ3n) is 4.84. The van der Waals surface area contributed by atoms with Gasteiger partial charge in [0.05, 0.1) is 16.6 Å². The minimum Gasteiger partial charge on any atom is -0.380 e. The zero-order valence-corrected chi connectivity index (χ0v) is 16.5. The predicted molar refractivity (Wildman–Crippen MR) is 113 cm³/mol. The van der Waals surface area contributed by atoms with E-state index in [1.54, 1.807) is 24.3 Å². The molecule has 2 amide bonds. The summed E-state index contributed by atoms with van der Waals surface area (Å²) >= 11 is 0. The van der Waals surface area contributed by atoms with Gasteiger partial charge in [-0.2, -0.15) is 13.2 Å². The normalized spacial score (nSPS) is 11.5. The van der Waals surface area contributed by atoms with Crippen molar-refractivity contribution in [3.8, 4) is 11.1 Å². The number of alkyl halides is 3. The molecule has 0 saturated heterocycles. The van der Waals surface area contributed by atoms with Crippen molar-refractivity contribution in [1.29, 1.82) is 0 Å². The zero-order chi connectivity index (χ0) is 23.0. The van der Waals surface area contributed by atoms with Crippen LogP contribution in [0.3, 0.4) is 0 Å². The minimum absolute atomic E-state index is 0.253. The number of benzene rings is 3. The van der Waals surface area contributed by atoms with Crippen LogP contribution in [0.15, 0.2) is 59.1 Å². The van der Waals surface area contributed by atoms with Crippen molar-refractivity contribution in [3.63, 3.8) is 0 Å². The van der Waals surface area contributed by atoms with Crippen LogP contribution in [0.5, 0.6) is 0 Å². The molecular formula is C22H16F4N4O2. The lowest BCUT2D eigenvalue weighted by molar-refractivity contribution is -0.137. The van der Waals surface area contributed by atoms with Crippen LogP contribution in [0.25, 0.3) is 22.1 Å². The van der Waals surface area contributed by atoms with Crippen molar-refractivity contribution in [2.75, 3.05) is 16.4 Å². The standard InChI is InChI=1S/C22H16F4N4O2/c1-11-2-8-15(18-19(11)32-30-20(18)27)12-3-6-14(7-4-12)28-21(31)29-17-10-13(22(24,25)26)5-9-16(17)23/h2-10H,1H3,(H2,27,30)(H2,28,29,31). The molecule has 4 N–H and O–H groups in total. The number of hydrogen-bond acceptors (Lipinski definition) is 4. The van der Waals surface area contributed by atoms with E-state index in [0.717, 1.165) is 16.7 Å². The zero-order valence-electron chi connectivity index (χ0n) is 16.5. The third kappa shape index (κ3) is 4.07. The van der Waals surface area contributed by atoms with Gasteiger partial charge in [0.1, 0.15) is 5.82 Å². The topological polar surface area (TPSA) is 93.2 Å². The average molecular weight is 444 g/mol. The molecule has 0 atom stereocenters. The number of carbonyl (C=O) groups is 1. The number of nitrogens with two attached hydrogens (primary N) is 1. The van der Waals surface area contributed by atoms with Crippen LogP contribution in [0.2, 0.25) is 0 Å². The molecule has 4 rings (SSSR count). The van der Waals surface area contributed by atoms with Crippen LogP contribution in [-0.2, 0) is 6.18 Å². The van der Waals surface area contributed by atoms with E-state index in [4.69, 9.17) is 10.3 Å². The minimum atomic E-state index is -4.66. The van der Waals surface area contributed by atoms with Crippen LogP contribution in [0, 0.1) is 12.7 Å². The maximum Gasteiger partial charge on any atom is 0.416 e. The number of nitrogens with one attached hydrogen (secondary N) is 2. The Balaban J connectivity index is 1.52. The van der Waals surface area contributed by atoms with E-state index in [2.05, 4.69) is 15.8 Å². The van der Waals surface area contributed by atoms with E-state index in [1.165, 1.54) is 0 Å². The van der Waals surface area contributed by atoms with Crippen molar-refractivity contribution in [2.45, 2.75) is 13.1 Å². The highest BCUT2D eigenvalue weighted by molar-refractivity contribution is 6.03. The lowest BCUT2D eigenvalue weighted by Gasteiger charge is -2.12. The van der Waals surface area contributed by atoms with E-state index in [1.807, 2.05) is 19.1 Å². The van der Waals surface area contributed by atoms with Crippen molar-refractivity contribution in [1.82, 2.24) is 5.16 Å². The monoisotopic (exact) mass is 444 g/mol. The summed E-state index contributed by atoms with van der Waals surface area (Å²) in [7, 11) is 0. The molecule has 1 aromatic heterocycles. The number of nitrogen functional groups attached to an aromatic ring is 1. The molecule has 4 aromatic rings. The van der Waals surface area contributed by atoms with Gasteiger partial charge in [0.15, 0.2) is 11.4 Å². The molecule has 0 aliphatic carbocycles. The van der Waals surface area contributed by atoms with Crippen molar-refractivity contribution in [3.05, 3.63) is 71.5 Å². The van der Waals surface area contributed by atoms with E-state index >= 15 is 0 Å². The molecular weight excluding hydrogens is 428 g/mol. The van der Waals surface area contributed by atoms with Crippen molar-refractivity contribution in [2.24, 2.45) is 0 Å². The number of amides is 2. The molecule has 0 bridgehead atoms. The molecule has 32 heavy (non-hydrogen) atoms. The van der Waals surface area contributed by atoms with E-state index in [0.29, 0.717) is 34.9 Å². The summed E-state index contributed by atoms with van der Waals surface area (Å²) in [5, 5.41) is 9.02. The van der Waals surface area contributed by atoms with Gasteiger partial charge < -0.3 is 20.9 Å². The Morgan fingerprint density at radius 2 is 1.75 bits per heavy atom.